The maximum atomic E-state index is 10.7. The molecule has 0 fully saturated rings. The number of nitrogens with zero attached hydrogens (tertiary/aromatic N) is 4. The topological polar surface area (TPSA) is 114 Å². The SMILES string of the molecule is CCc1n(OCc2ccc([N+](=O)[O-])cc2)cc[n+]1OCc1ccc([N+](=O)[O-])cc1. The first kappa shape index (κ1) is 19.8. The van der Waals surface area contributed by atoms with E-state index in [2.05, 4.69) is 0 Å². The minimum absolute atomic E-state index is 0.0291. The Morgan fingerprint density at radius 3 is 1.90 bits per heavy atom. The van der Waals surface area contributed by atoms with Crippen molar-refractivity contribution < 1.29 is 24.3 Å². The fraction of sp³-hybridized carbons (Fsp3) is 0.211. The van der Waals surface area contributed by atoms with Crippen LogP contribution in [0.2, 0.25) is 0 Å². The first-order valence-electron chi connectivity index (χ1n) is 8.83. The van der Waals surface area contributed by atoms with E-state index in [1.807, 2.05) is 6.92 Å². The van der Waals surface area contributed by atoms with E-state index >= 15 is 0 Å². The van der Waals surface area contributed by atoms with Crippen molar-refractivity contribution in [2.75, 3.05) is 0 Å². The van der Waals surface area contributed by atoms with E-state index in [-0.39, 0.29) is 24.6 Å². The zero-order valence-corrected chi connectivity index (χ0v) is 15.6. The van der Waals surface area contributed by atoms with E-state index in [0.717, 1.165) is 17.0 Å². The molecule has 29 heavy (non-hydrogen) atoms. The average molecular weight is 399 g/mol. The molecule has 3 aromatic rings. The summed E-state index contributed by atoms with van der Waals surface area (Å²) in [5.74, 6) is 0.758. The van der Waals surface area contributed by atoms with Crippen molar-refractivity contribution in [3.05, 3.63) is 98.1 Å². The number of hydrogen-bond acceptors (Lipinski definition) is 6. The maximum absolute atomic E-state index is 10.7. The zero-order valence-electron chi connectivity index (χ0n) is 15.6. The van der Waals surface area contributed by atoms with E-state index in [9.17, 15) is 20.2 Å². The second-order valence-electron chi connectivity index (χ2n) is 6.11. The van der Waals surface area contributed by atoms with E-state index < -0.39 is 9.85 Å². The van der Waals surface area contributed by atoms with Gasteiger partial charge in [-0.15, -0.1) is 0 Å². The molecule has 2 aromatic carbocycles. The van der Waals surface area contributed by atoms with Crippen molar-refractivity contribution in [2.24, 2.45) is 0 Å². The number of nitro benzene ring substituents is 2. The van der Waals surface area contributed by atoms with Gasteiger partial charge in [-0.1, -0.05) is 6.92 Å². The summed E-state index contributed by atoms with van der Waals surface area (Å²) >= 11 is 0. The number of benzene rings is 2. The van der Waals surface area contributed by atoms with Crippen LogP contribution in [0.1, 0.15) is 23.9 Å². The number of non-ortho nitro benzene ring substituents is 2. The number of nitro groups is 2. The van der Waals surface area contributed by atoms with Crippen molar-refractivity contribution in [3.63, 3.8) is 0 Å². The summed E-state index contributed by atoms with van der Waals surface area (Å²) in [6, 6.07) is 12.3. The Hall–Kier alpha value is -3.95. The fourth-order valence-corrected chi connectivity index (χ4v) is 2.65. The quantitative estimate of drug-likeness (QED) is 0.310. The van der Waals surface area contributed by atoms with Gasteiger partial charge in [-0.3, -0.25) is 20.2 Å². The normalized spacial score (nSPS) is 10.5. The summed E-state index contributed by atoms with van der Waals surface area (Å²) in [5, 5.41) is 21.4. The van der Waals surface area contributed by atoms with E-state index in [0.29, 0.717) is 6.42 Å². The minimum atomic E-state index is -0.447. The number of hydrogen-bond donors (Lipinski definition) is 0. The lowest BCUT2D eigenvalue weighted by Gasteiger charge is -2.05. The molecule has 0 bridgehead atoms. The monoisotopic (exact) mass is 399 g/mol. The summed E-state index contributed by atoms with van der Waals surface area (Å²) in [7, 11) is 0. The first-order chi connectivity index (χ1) is 14.0. The lowest BCUT2D eigenvalue weighted by atomic mass is 10.2. The van der Waals surface area contributed by atoms with E-state index in [1.54, 1.807) is 46.1 Å². The number of rotatable bonds is 9. The smallest absolute Gasteiger partial charge is 0.331 e. The molecule has 3 rings (SSSR count). The highest BCUT2D eigenvalue weighted by molar-refractivity contribution is 5.33. The van der Waals surface area contributed by atoms with E-state index in [1.165, 1.54) is 24.3 Å². The van der Waals surface area contributed by atoms with Gasteiger partial charge in [0.15, 0.2) is 25.6 Å². The molecule has 0 aliphatic carbocycles. The van der Waals surface area contributed by atoms with Gasteiger partial charge in [0, 0.05) is 24.3 Å². The van der Waals surface area contributed by atoms with Crippen LogP contribution in [0, 0.1) is 20.2 Å². The molecule has 0 aliphatic rings. The second kappa shape index (κ2) is 8.83. The van der Waals surface area contributed by atoms with Crippen LogP contribution >= 0.6 is 0 Å². The van der Waals surface area contributed by atoms with Gasteiger partial charge in [0.1, 0.15) is 0 Å². The molecular weight excluding hydrogens is 380 g/mol. The predicted octanol–water partition coefficient (Wildman–Crippen LogP) is 2.41. The second-order valence-corrected chi connectivity index (χ2v) is 6.11. The molecule has 10 nitrogen and oxygen atoms in total. The van der Waals surface area contributed by atoms with Gasteiger partial charge in [-0.05, 0) is 44.9 Å². The molecule has 150 valence electrons. The number of aromatic nitrogens is 2. The minimum Gasteiger partial charge on any atom is -0.331 e. The molecule has 1 aromatic heterocycles. The molecule has 0 amide bonds. The highest BCUT2D eigenvalue weighted by atomic mass is 16.7. The third kappa shape index (κ3) is 4.86. The molecule has 0 saturated carbocycles. The maximum Gasteiger partial charge on any atom is 0.334 e. The highest BCUT2D eigenvalue weighted by Crippen LogP contribution is 2.13. The summed E-state index contributed by atoms with van der Waals surface area (Å²) in [5.41, 5.74) is 1.65. The molecule has 0 N–H and O–H groups in total. The third-order valence-electron chi connectivity index (χ3n) is 4.20. The van der Waals surface area contributed by atoms with Crippen LogP contribution in [0.25, 0.3) is 0 Å². The van der Waals surface area contributed by atoms with Crippen molar-refractivity contribution in [3.8, 4) is 0 Å². The van der Waals surface area contributed by atoms with Crippen molar-refractivity contribution in [2.45, 2.75) is 26.6 Å². The molecule has 0 spiro atoms. The Kier molecular flexibility index (Phi) is 6.03. The Labute approximate surface area is 165 Å². The lowest BCUT2D eigenvalue weighted by Crippen LogP contribution is -2.45. The van der Waals surface area contributed by atoms with Crippen LogP contribution in [-0.4, -0.2) is 14.6 Å². The largest absolute Gasteiger partial charge is 0.334 e. The van der Waals surface area contributed by atoms with Gasteiger partial charge >= 0.3 is 5.82 Å². The van der Waals surface area contributed by atoms with Crippen molar-refractivity contribution in [1.82, 2.24) is 4.73 Å². The summed E-state index contributed by atoms with van der Waals surface area (Å²) in [6.07, 6.45) is 4.05. The standard InChI is InChI=1S/C19H19N4O6/c1-2-19-20(28-13-15-3-7-17(8-4-15)22(24)25)11-12-21(19)29-14-16-5-9-18(10-6-16)23(26)27/h3-12H,2,13-14H2,1H3/q+1. The van der Waals surface area contributed by atoms with Crippen LogP contribution in [-0.2, 0) is 19.6 Å². The van der Waals surface area contributed by atoms with Crippen molar-refractivity contribution >= 4 is 11.4 Å². The average Bonchev–Trinajstić information content (AvgIpc) is 3.13. The molecule has 0 aliphatic heterocycles. The highest BCUT2D eigenvalue weighted by Gasteiger charge is 2.19. The molecule has 0 saturated heterocycles. The Morgan fingerprint density at radius 2 is 1.41 bits per heavy atom. The number of imidazole rings is 1. The fourth-order valence-electron chi connectivity index (χ4n) is 2.65. The summed E-state index contributed by atoms with van der Waals surface area (Å²) < 4.78 is 3.16. The van der Waals surface area contributed by atoms with Gasteiger partial charge in [0.05, 0.1) is 16.3 Å². The first-order valence-corrected chi connectivity index (χ1v) is 8.83. The molecular formula is C19H19N4O6+. The molecule has 0 unspecified atom stereocenters. The van der Waals surface area contributed by atoms with Crippen molar-refractivity contribution in [1.29, 1.82) is 0 Å². The Bertz CT molecular complexity index is 920. The molecule has 10 heteroatoms. The van der Waals surface area contributed by atoms with Gasteiger partial charge in [0.25, 0.3) is 11.4 Å². The van der Waals surface area contributed by atoms with Crippen LogP contribution in [0.15, 0.2) is 60.9 Å². The predicted molar refractivity (Wildman–Crippen MR) is 101 cm³/mol. The summed E-state index contributed by atoms with van der Waals surface area (Å²) in [4.78, 5) is 32.0. The van der Waals surface area contributed by atoms with Gasteiger partial charge in [-0.2, -0.15) is 0 Å². The van der Waals surface area contributed by atoms with Gasteiger partial charge in [0.2, 0.25) is 0 Å². The zero-order chi connectivity index (χ0) is 20.8. The van der Waals surface area contributed by atoms with Gasteiger partial charge in [-0.25, -0.2) is 0 Å². The van der Waals surface area contributed by atoms with Crippen LogP contribution in [0.3, 0.4) is 0 Å². The Morgan fingerprint density at radius 1 is 0.897 bits per heavy atom. The summed E-state index contributed by atoms with van der Waals surface area (Å²) in [6.45, 7) is 2.43. The van der Waals surface area contributed by atoms with E-state index in [4.69, 9.17) is 9.68 Å². The molecule has 1 heterocycles. The lowest BCUT2D eigenvalue weighted by molar-refractivity contribution is -0.900. The van der Waals surface area contributed by atoms with Gasteiger partial charge < -0.3 is 9.68 Å². The van der Waals surface area contributed by atoms with Crippen LogP contribution < -0.4 is 14.4 Å². The van der Waals surface area contributed by atoms with Crippen LogP contribution in [0.5, 0.6) is 0 Å². The Balaban J connectivity index is 1.62. The third-order valence-corrected chi connectivity index (χ3v) is 4.20. The molecule has 0 atom stereocenters. The molecule has 0 radical (unpaired) electrons. The van der Waals surface area contributed by atoms with Crippen LogP contribution in [0.4, 0.5) is 11.4 Å².